The van der Waals surface area contributed by atoms with Crippen molar-refractivity contribution in [1.29, 1.82) is 0 Å². The zero-order valence-corrected chi connectivity index (χ0v) is 21.2. The molecular weight excluding hydrogens is 505 g/mol. The molecule has 0 aliphatic heterocycles. The minimum atomic E-state index is -0.420. The van der Waals surface area contributed by atoms with Crippen molar-refractivity contribution < 1.29 is 9.59 Å². The molecule has 33 heavy (non-hydrogen) atoms. The number of carbonyl (C=O) groups is 2. The minimum Gasteiger partial charge on any atom is -0.342 e. The molecule has 11 heteroatoms. The standard InChI is InChI=1S/C22H22Cl3N5O2S/c1-12(2)19(27-21(32)16-8-7-14(24)10-17(16)25)20-28-29-22(30(20)3)33-11-18(31)26-15-6-4-5-13(23)9-15/h4-10,12,19H,11H2,1-3H3,(H,26,31)(H,27,32)/t19-/m1/s1. The first-order valence-corrected chi connectivity index (χ1v) is 12.1. The Morgan fingerprint density at radius 2 is 1.79 bits per heavy atom. The van der Waals surface area contributed by atoms with Gasteiger partial charge in [-0.05, 0) is 42.3 Å². The summed E-state index contributed by atoms with van der Waals surface area (Å²) >= 11 is 19.3. The number of carbonyl (C=O) groups excluding carboxylic acids is 2. The van der Waals surface area contributed by atoms with Crippen LogP contribution in [0.1, 0.15) is 36.1 Å². The van der Waals surface area contributed by atoms with Crippen molar-refractivity contribution >= 4 is 64.1 Å². The van der Waals surface area contributed by atoms with E-state index in [0.29, 0.717) is 32.3 Å². The molecule has 0 unspecified atom stereocenters. The molecule has 7 nitrogen and oxygen atoms in total. The fourth-order valence-corrected chi connectivity index (χ4v) is 4.44. The van der Waals surface area contributed by atoms with Crippen LogP contribution in [0, 0.1) is 5.92 Å². The van der Waals surface area contributed by atoms with Gasteiger partial charge in [0.25, 0.3) is 5.91 Å². The van der Waals surface area contributed by atoms with Gasteiger partial charge in [0.2, 0.25) is 5.91 Å². The lowest BCUT2D eigenvalue weighted by Crippen LogP contribution is -2.33. The second-order valence-corrected chi connectivity index (χ2v) is 9.79. The predicted octanol–water partition coefficient (Wildman–Crippen LogP) is 5.63. The average molecular weight is 527 g/mol. The number of nitrogens with zero attached hydrogens (tertiary/aromatic N) is 3. The van der Waals surface area contributed by atoms with Gasteiger partial charge in [-0.15, -0.1) is 10.2 Å². The van der Waals surface area contributed by atoms with Crippen LogP contribution in [-0.2, 0) is 11.8 Å². The number of thioether (sulfide) groups is 1. The third-order valence-electron chi connectivity index (χ3n) is 4.72. The number of nitrogens with one attached hydrogen (secondary N) is 2. The molecule has 174 valence electrons. The maximum Gasteiger partial charge on any atom is 0.253 e. The molecule has 1 heterocycles. The molecular formula is C22H22Cl3N5O2S. The highest BCUT2D eigenvalue weighted by atomic mass is 35.5. The van der Waals surface area contributed by atoms with Crippen LogP contribution in [0.25, 0.3) is 0 Å². The highest BCUT2D eigenvalue weighted by molar-refractivity contribution is 7.99. The van der Waals surface area contributed by atoms with Crippen LogP contribution in [0.5, 0.6) is 0 Å². The van der Waals surface area contributed by atoms with Crippen LogP contribution in [0.3, 0.4) is 0 Å². The molecule has 3 aromatic rings. The second kappa shape index (κ2) is 11.2. The fraction of sp³-hybridized carbons (Fsp3) is 0.273. The van der Waals surface area contributed by atoms with E-state index in [9.17, 15) is 9.59 Å². The minimum absolute atomic E-state index is 0.0203. The quantitative estimate of drug-likeness (QED) is 0.371. The number of aromatic nitrogens is 3. The summed E-state index contributed by atoms with van der Waals surface area (Å²) < 4.78 is 1.77. The number of anilines is 1. The van der Waals surface area contributed by atoms with Gasteiger partial charge in [0.15, 0.2) is 11.0 Å². The van der Waals surface area contributed by atoms with Crippen molar-refractivity contribution in [1.82, 2.24) is 20.1 Å². The van der Waals surface area contributed by atoms with Crippen molar-refractivity contribution in [2.75, 3.05) is 11.1 Å². The summed E-state index contributed by atoms with van der Waals surface area (Å²) in [4.78, 5) is 25.1. The summed E-state index contributed by atoms with van der Waals surface area (Å²) in [5, 5.41) is 16.0. The Morgan fingerprint density at radius 1 is 1.06 bits per heavy atom. The first-order chi connectivity index (χ1) is 15.7. The van der Waals surface area contributed by atoms with E-state index in [4.69, 9.17) is 34.8 Å². The summed E-state index contributed by atoms with van der Waals surface area (Å²) in [5.74, 6) is 0.192. The molecule has 0 bridgehead atoms. The average Bonchev–Trinajstić information content (AvgIpc) is 3.10. The van der Waals surface area contributed by atoms with Crippen LogP contribution < -0.4 is 10.6 Å². The molecule has 2 amide bonds. The Labute approximate surface area is 211 Å². The molecule has 0 fully saturated rings. The van der Waals surface area contributed by atoms with Gasteiger partial charge in [0.05, 0.1) is 22.4 Å². The van der Waals surface area contributed by atoms with Gasteiger partial charge in [-0.1, -0.05) is 66.5 Å². The molecule has 0 aliphatic carbocycles. The van der Waals surface area contributed by atoms with Crippen molar-refractivity contribution in [2.24, 2.45) is 13.0 Å². The molecule has 3 rings (SSSR count). The molecule has 1 atom stereocenters. The van der Waals surface area contributed by atoms with E-state index in [1.54, 1.807) is 48.0 Å². The maximum absolute atomic E-state index is 12.8. The number of hydrogen-bond acceptors (Lipinski definition) is 5. The highest BCUT2D eigenvalue weighted by Crippen LogP contribution is 2.26. The Morgan fingerprint density at radius 3 is 2.45 bits per heavy atom. The molecule has 0 aliphatic rings. The lowest BCUT2D eigenvalue weighted by molar-refractivity contribution is -0.113. The van der Waals surface area contributed by atoms with Crippen LogP contribution in [-0.4, -0.2) is 32.3 Å². The Kier molecular flexibility index (Phi) is 8.64. The van der Waals surface area contributed by atoms with Gasteiger partial charge >= 0.3 is 0 Å². The predicted molar refractivity (Wildman–Crippen MR) is 133 cm³/mol. The first-order valence-electron chi connectivity index (χ1n) is 9.99. The molecule has 1 aromatic heterocycles. The summed E-state index contributed by atoms with van der Waals surface area (Å²) in [6.07, 6.45) is 0. The summed E-state index contributed by atoms with van der Waals surface area (Å²) in [6.45, 7) is 3.93. The number of hydrogen-bond donors (Lipinski definition) is 2. The van der Waals surface area contributed by atoms with Gasteiger partial charge in [0, 0.05) is 22.8 Å². The SMILES string of the molecule is CC(C)[C@@H](NC(=O)c1ccc(Cl)cc1Cl)c1nnc(SCC(=O)Nc2cccc(Cl)c2)n1C. The van der Waals surface area contributed by atoms with Crippen LogP contribution >= 0.6 is 46.6 Å². The molecule has 2 N–H and O–H groups in total. The van der Waals surface area contributed by atoms with Gasteiger partial charge in [-0.2, -0.15) is 0 Å². The smallest absolute Gasteiger partial charge is 0.253 e. The zero-order valence-electron chi connectivity index (χ0n) is 18.1. The maximum atomic E-state index is 12.8. The number of rotatable bonds is 8. The second-order valence-electron chi connectivity index (χ2n) is 7.57. The molecule has 2 aromatic carbocycles. The Bertz CT molecular complexity index is 1170. The molecule has 0 saturated carbocycles. The van der Waals surface area contributed by atoms with E-state index in [0.717, 1.165) is 0 Å². The summed E-state index contributed by atoms with van der Waals surface area (Å²) in [6, 6.07) is 11.2. The zero-order chi connectivity index (χ0) is 24.1. The molecule has 0 radical (unpaired) electrons. The van der Waals surface area contributed by atoms with E-state index in [-0.39, 0.29) is 28.5 Å². The number of benzene rings is 2. The van der Waals surface area contributed by atoms with Gasteiger partial charge in [-0.3, -0.25) is 9.59 Å². The topological polar surface area (TPSA) is 88.9 Å². The van der Waals surface area contributed by atoms with Crippen LogP contribution in [0.4, 0.5) is 5.69 Å². The number of halogens is 3. The Balaban J connectivity index is 1.68. The number of amides is 2. The van der Waals surface area contributed by atoms with Crippen molar-refractivity contribution in [3.63, 3.8) is 0 Å². The lowest BCUT2D eigenvalue weighted by Gasteiger charge is -2.22. The normalized spacial score (nSPS) is 12.0. The first kappa shape index (κ1) is 25.4. The largest absolute Gasteiger partial charge is 0.342 e. The van der Waals surface area contributed by atoms with E-state index in [2.05, 4.69) is 20.8 Å². The summed E-state index contributed by atoms with van der Waals surface area (Å²) in [7, 11) is 1.79. The van der Waals surface area contributed by atoms with Gasteiger partial charge in [0.1, 0.15) is 0 Å². The van der Waals surface area contributed by atoms with E-state index in [1.165, 1.54) is 17.8 Å². The molecule has 0 spiro atoms. The van der Waals surface area contributed by atoms with Crippen molar-refractivity contribution in [2.45, 2.75) is 25.0 Å². The molecule has 0 saturated heterocycles. The van der Waals surface area contributed by atoms with E-state index < -0.39 is 6.04 Å². The highest BCUT2D eigenvalue weighted by Gasteiger charge is 2.26. The third kappa shape index (κ3) is 6.63. The third-order valence-corrected chi connectivity index (χ3v) is 6.52. The summed E-state index contributed by atoms with van der Waals surface area (Å²) in [5.41, 5.74) is 0.941. The monoisotopic (exact) mass is 525 g/mol. The van der Waals surface area contributed by atoms with Crippen LogP contribution in [0.15, 0.2) is 47.6 Å². The van der Waals surface area contributed by atoms with Gasteiger partial charge in [-0.25, -0.2) is 0 Å². The van der Waals surface area contributed by atoms with Crippen LogP contribution in [0.2, 0.25) is 15.1 Å². The lowest BCUT2D eigenvalue weighted by atomic mass is 10.0. The van der Waals surface area contributed by atoms with E-state index >= 15 is 0 Å². The van der Waals surface area contributed by atoms with Crippen molar-refractivity contribution in [3.05, 3.63) is 68.9 Å². The van der Waals surface area contributed by atoms with E-state index in [1.807, 2.05) is 13.8 Å². The van der Waals surface area contributed by atoms with Gasteiger partial charge < -0.3 is 15.2 Å². The Hall–Kier alpha value is -2.26. The van der Waals surface area contributed by atoms with Crippen molar-refractivity contribution in [3.8, 4) is 0 Å². The fourth-order valence-electron chi connectivity index (χ4n) is 3.04.